The lowest BCUT2D eigenvalue weighted by Crippen LogP contribution is -1.89. The highest BCUT2D eigenvalue weighted by Gasteiger charge is 2.07. The van der Waals surface area contributed by atoms with Crippen LogP contribution in [0, 0.1) is 23.5 Å². The number of benzene rings is 1. The predicted octanol–water partition coefficient (Wildman–Crippen LogP) is 2.34. The van der Waals surface area contributed by atoms with Crippen LogP contribution in [0.3, 0.4) is 0 Å². The molecule has 14 heavy (non-hydrogen) atoms. The summed E-state index contributed by atoms with van der Waals surface area (Å²) in [5.41, 5.74) is -0.315. The van der Waals surface area contributed by atoms with E-state index in [0.29, 0.717) is 12.2 Å². The van der Waals surface area contributed by atoms with E-state index < -0.39 is 17.4 Å². The third kappa shape index (κ3) is 2.64. The Kier molecular flexibility index (Phi) is 3.78. The number of halogens is 2. The number of phenolic OH excluding ortho intramolecular Hbond substituents is 1. The zero-order valence-electron chi connectivity index (χ0n) is 7.22. The van der Waals surface area contributed by atoms with Crippen molar-refractivity contribution in [3.63, 3.8) is 0 Å². The maximum atomic E-state index is 13.0. The molecule has 1 rings (SSSR count). The molecule has 0 unspecified atom stereocenters. The smallest absolute Gasteiger partial charge is 0.145 e. The molecule has 0 aliphatic rings. The lowest BCUT2D eigenvalue weighted by molar-refractivity contribution is 0.459. The molecule has 0 saturated heterocycles. The average Bonchev–Trinajstić information content (AvgIpc) is 2.09. The molecule has 0 bridgehead atoms. The van der Waals surface area contributed by atoms with Crippen LogP contribution in [-0.2, 0) is 0 Å². The Labute approximate surface area is 86.2 Å². The van der Waals surface area contributed by atoms with E-state index in [-0.39, 0.29) is 5.56 Å². The van der Waals surface area contributed by atoms with E-state index in [0.717, 1.165) is 12.1 Å². The largest absolute Gasteiger partial charge is 0.508 e. The fourth-order valence-electron chi connectivity index (χ4n) is 0.886. The Hall–Kier alpha value is -1.21. The Morgan fingerprint density at radius 3 is 2.36 bits per heavy atom. The molecule has 0 saturated carbocycles. The third-order valence-corrected chi connectivity index (χ3v) is 1.70. The molecule has 1 N–H and O–H groups in total. The van der Waals surface area contributed by atoms with Crippen LogP contribution in [0.2, 0.25) is 0 Å². The first kappa shape index (κ1) is 10.9. The summed E-state index contributed by atoms with van der Waals surface area (Å²) in [4.78, 5) is 0. The van der Waals surface area contributed by atoms with Gasteiger partial charge >= 0.3 is 0 Å². The first-order chi connectivity index (χ1) is 6.65. The van der Waals surface area contributed by atoms with E-state index >= 15 is 0 Å². The van der Waals surface area contributed by atoms with Gasteiger partial charge in [0.2, 0.25) is 0 Å². The van der Waals surface area contributed by atoms with Crippen molar-refractivity contribution in [1.82, 2.24) is 0 Å². The third-order valence-electron chi connectivity index (χ3n) is 1.48. The van der Waals surface area contributed by atoms with Gasteiger partial charge in [0.05, 0.1) is 5.56 Å². The first-order valence-electron chi connectivity index (χ1n) is 3.93. The first-order valence-corrected chi connectivity index (χ1v) is 4.56. The van der Waals surface area contributed by atoms with Gasteiger partial charge < -0.3 is 5.11 Å². The zero-order valence-corrected chi connectivity index (χ0v) is 8.11. The van der Waals surface area contributed by atoms with Crippen LogP contribution in [0.5, 0.6) is 5.75 Å². The van der Waals surface area contributed by atoms with E-state index in [4.69, 9.17) is 5.11 Å². The second kappa shape index (κ2) is 4.87. The van der Waals surface area contributed by atoms with Crippen LogP contribution in [0.15, 0.2) is 12.1 Å². The molecule has 1 nitrogen and oxygen atoms in total. The monoisotopic (exact) mass is 214 g/mol. The van der Waals surface area contributed by atoms with Crippen molar-refractivity contribution in [2.75, 3.05) is 5.75 Å². The lowest BCUT2D eigenvalue weighted by atomic mass is 10.2. The molecule has 0 radical (unpaired) electrons. The van der Waals surface area contributed by atoms with Gasteiger partial charge in [-0.15, -0.1) is 0 Å². The van der Waals surface area contributed by atoms with Gasteiger partial charge in [-0.05, 0) is 0 Å². The van der Waals surface area contributed by atoms with Crippen LogP contribution in [0.1, 0.15) is 12.0 Å². The maximum absolute atomic E-state index is 13.0. The lowest BCUT2D eigenvalue weighted by Gasteiger charge is -1.97. The minimum atomic E-state index is -0.853. The van der Waals surface area contributed by atoms with Crippen molar-refractivity contribution in [3.05, 3.63) is 29.3 Å². The quantitative estimate of drug-likeness (QED) is 0.543. The number of rotatable bonds is 1. The van der Waals surface area contributed by atoms with Crippen LogP contribution in [0.25, 0.3) is 0 Å². The van der Waals surface area contributed by atoms with Crippen molar-refractivity contribution >= 4 is 12.6 Å². The molecule has 74 valence electrons. The van der Waals surface area contributed by atoms with Crippen LogP contribution in [0.4, 0.5) is 8.78 Å². The Morgan fingerprint density at radius 2 is 1.86 bits per heavy atom. The molecular formula is C10H8F2OS. The highest BCUT2D eigenvalue weighted by Crippen LogP contribution is 2.18. The Morgan fingerprint density at radius 1 is 1.29 bits per heavy atom. The van der Waals surface area contributed by atoms with Gasteiger partial charge in [-0.1, -0.05) is 11.8 Å². The van der Waals surface area contributed by atoms with Crippen molar-refractivity contribution in [2.45, 2.75) is 6.42 Å². The van der Waals surface area contributed by atoms with E-state index in [1.54, 1.807) is 0 Å². The summed E-state index contributed by atoms with van der Waals surface area (Å²) in [6.45, 7) is 0. The van der Waals surface area contributed by atoms with Gasteiger partial charge in [-0.25, -0.2) is 8.78 Å². The molecule has 1 aromatic rings. The molecule has 0 spiro atoms. The zero-order chi connectivity index (χ0) is 10.6. The fraction of sp³-hybridized carbons (Fsp3) is 0.200. The number of hydrogen-bond acceptors (Lipinski definition) is 2. The predicted molar refractivity (Wildman–Crippen MR) is 53.4 cm³/mol. The summed E-state index contributed by atoms with van der Waals surface area (Å²) in [5, 5.41) is 8.85. The average molecular weight is 214 g/mol. The summed E-state index contributed by atoms with van der Waals surface area (Å²) < 4.78 is 26.0. The van der Waals surface area contributed by atoms with Crippen LogP contribution in [-0.4, -0.2) is 10.9 Å². The van der Waals surface area contributed by atoms with Crippen LogP contribution < -0.4 is 0 Å². The molecule has 1 aromatic carbocycles. The normalized spacial score (nSPS) is 9.36. The van der Waals surface area contributed by atoms with Gasteiger partial charge in [-0.3, -0.25) is 0 Å². The highest BCUT2D eigenvalue weighted by molar-refractivity contribution is 7.80. The molecule has 0 heterocycles. The maximum Gasteiger partial charge on any atom is 0.145 e. The highest BCUT2D eigenvalue weighted by atomic mass is 32.1. The summed E-state index contributed by atoms with van der Waals surface area (Å²) in [7, 11) is 0. The number of hydrogen-bond donors (Lipinski definition) is 2. The molecule has 4 heteroatoms. The van der Waals surface area contributed by atoms with Crippen molar-refractivity contribution < 1.29 is 13.9 Å². The second-order valence-corrected chi connectivity index (χ2v) is 3.01. The summed E-state index contributed by atoms with van der Waals surface area (Å²) >= 11 is 3.91. The Bertz CT molecular complexity index is 370. The fourth-order valence-corrected chi connectivity index (χ4v) is 0.998. The van der Waals surface area contributed by atoms with E-state index in [1.807, 2.05) is 0 Å². The minimum Gasteiger partial charge on any atom is -0.508 e. The van der Waals surface area contributed by atoms with Gasteiger partial charge in [0.15, 0.2) is 0 Å². The SMILES string of the molecule is Oc1cc(F)c(C#CCCS)c(F)c1. The van der Waals surface area contributed by atoms with E-state index in [1.165, 1.54) is 0 Å². The van der Waals surface area contributed by atoms with Gasteiger partial charge in [-0.2, -0.15) is 12.6 Å². The number of phenols is 1. The molecule has 0 aliphatic carbocycles. The molecule has 0 atom stereocenters. The van der Waals surface area contributed by atoms with E-state index in [9.17, 15) is 8.78 Å². The van der Waals surface area contributed by atoms with Gasteiger partial charge in [0.25, 0.3) is 0 Å². The number of aromatic hydroxyl groups is 1. The minimum absolute atomic E-state index is 0.315. The van der Waals surface area contributed by atoms with Crippen molar-refractivity contribution in [3.8, 4) is 17.6 Å². The van der Waals surface area contributed by atoms with Gasteiger partial charge in [0.1, 0.15) is 17.4 Å². The summed E-state index contributed by atoms with van der Waals surface area (Å²) in [6, 6.07) is 1.65. The molecular weight excluding hydrogens is 206 g/mol. The van der Waals surface area contributed by atoms with Crippen molar-refractivity contribution in [1.29, 1.82) is 0 Å². The Balaban J connectivity index is 3.04. The van der Waals surface area contributed by atoms with Gasteiger partial charge in [0, 0.05) is 24.3 Å². The molecule has 0 amide bonds. The summed E-state index contributed by atoms with van der Waals surface area (Å²) in [6.07, 6.45) is 0.461. The summed E-state index contributed by atoms with van der Waals surface area (Å²) in [5.74, 6) is 3.30. The van der Waals surface area contributed by atoms with Crippen molar-refractivity contribution in [2.24, 2.45) is 0 Å². The number of thiol groups is 1. The van der Waals surface area contributed by atoms with E-state index in [2.05, 4.69) is 24.5 Å². The molecule has 0 fully saturated rings. The molecule has 0 aromatic heterocycles. The second-order valence-electron chi connectivity index (χ2n) is 2.56. The molecule has 0 aliphatic heterocycles. The standard InChI is InChI=1S/C10H8F2OS/c11-9-5-7(13)6-10(12)8(9)3-1-2-4-14/h5-6,13-14H,2,4H2. The topological polar surface area (TPSA) is 20.2 Å². The van der Waals surface area contributed by atoms with Crippen LogP contribution >= 0.6 is 12.6 Å².